The molecule has 3 atom stereocenters. The number of carbonyl (C=O) groups is 1. The Morgan fingerprint density at radius 1 is 0.689 bits per heavy atom. The third-order valence-corrected chi connectivity index (χ3v) is 9.56. The van der Waals surface area contributed by atoms with Crippen LogP contribution in [0.2, 0.25) is 0 Å². The minimum atomic E-state index is -4.54. The first-order chi connectivity index (χ1) is 21.5. The number of hydrogen-bond donors (Lipinski definition) is 2. The second-order valence-electron chi connectivity index (χ2n) is 14.3. The zero-order valence-corrected chi connectivity index (χ0v) is 31.2. The number of quaternary nitrogens is 1. The predicted octanol–water partition coefficient (Wildman–Crippen LogP) is 8.83. The highest BCUT2D eigenvalue weighted by Crippen LogP contribution is 2.38. The summed E-state index contributed by atoms with van der Waals surface area (Å²) in [6.07, 6.45) is 28.2. The number of unbranched alkanes of at least 4 members (excludes halogenated alkanes) is 21. The van der Waals surface area contributed by atoms with E-state index in [-0.39, 0.29) is 19.1 Å². The molecule has 0 spiro atoms. The lowest BCUT2D eigenvalue weighted by atomic mass is 10.0. The van der Waals surface area contributed by atoms with Gasteiger partial charge >= 0.3 is 0 Å². The smallest absolute Gasteiger partial charge is 0.268 e. The SMILES string of the molecule is CCCCCCCCCCCCCCCCCC(=O)NC(COP(=O)([O-])OCC[N+](C)(C)C)C(O)CCCCCCCCCC. The number of amides is 1. The number of nitrogens with zero attached hydrogens (tertiary/aromatic N) is 1. The molecule has 0 aromatic heterocycles. The van der Waals surface area contributed by atoms with Crippen LogP contribution in [0.5, 0.6) is 0 Å². The van der Waals surface area contributed by atoms with Crippen molar-refractivity contribution < 1.29 is 32.9 Å². The van der Waals surface area contributed by atoms with Crippen molar-refractivity contribution in [3.8, 4) is 0 Å². The number of nitrogens with one attached hydrogen (secondary N) is 1. The summed E-state index contributed by atoms with van der Waals surface area (Å²) in [6.45, 7) is 4.68. The molecular formula is C36H75N2O6P. The molecule has 0 saturated heterocycles. The minimum Gasteiger partial charge on any atom is -0.756 e. The minimum absolute atomic E-state index is 0.0152. The van der Waals surface area contributed by atoms with Gasteiger partial charge in [-0.2, -0.15) is 0 Å². The fourth-order valence-electron chi connectivity index (χ4n) is 5.51. The van der Waals surface area contributed by atoms with Crippen LogP contribution < -0.4 is 10.2 Å². The molecule has 0 aliphatic rings. The number of phosphoric acid groups is 1. The Kier molecular flexibility index (Phi) is 29.3. The molecule has 0 aromatic carbocycles. The molecular weight excluding hydrogens is 587 g/mol. The molecule has 0 heterocycles. The Morgan fingerprint density at radius 2 is 1.09 bits per heavy atom. The highest BCUT2D eigenvalue weighted by atomic mass is 31.2. The van der Waals surface area contributed by atoms with E-state index in [9.17, 15) is 19.4 Å². The van der Waals surface area contributed by atoms with Crippen LogP contribution in [0.25, 0.3) is 0 Å². The normalized spacial score (nSPS) is 14.7. The maximum atomic E-state index is 12.7. The zero-order valence-electron chi connectivity index (χ0n) is 30.3. The Hall–Kier alpha value is -0.500. The van der Waals surface area contributed by atoms with E-state index in [0.29, 0.717) is 23.9 Å². The molecule has 0 radical (unpaired) electrons. The molecule has 0 fully saturated rings. The molecule has 270 valence electrons. The average molecular weight is 663 g/mol. The molecule has 2 N–H and O–H groups in total. The number of phosphoric ester groups is 1. The van der Waals surface area contributed by atoms with E-state index in [1.807, 2.05) is 21.1 Å². The first-order valence-electron chi connectivity index (χ1n) is 18.9. The maximum Gasteiger partial charge on any atom is 0.268 e. The molecule has 45 heavy (non-hydrogen) atoms. The van der Waals surface area contributed by atoms with Gasteiger partial charge in [0.25, 0.3) is 7.82 Å². The third kappa shape index (κ3) is 31.8. The molecule has 0 bridgehead atoms. The number of carbonyl (C=O) groups excluding carboxylic acids is 1. The molecule has 0 saturated carbocycles. The number of aliphatic hydroxyl groups excluding tert-OH is 1. The third-order valence-electron chi connectivity index (χ3n) is 8.60. The largest absolute Gasteiger partial charge is 0.756 e. The summed E-state index contributed by atoms with van der Waals surface area (Å²) in [4.78, 5) is 25.1. The maximum absolute atomic E-state index is 12.7. The summed E-state index contributed by atoms with van der Waals surface area (Å²) in [5.41, 5.74) is 0. The van der Waals surface area contributed by atoms with Crippen LogP contribution in [0.15, 0.2) is 0 Å². The lowest BCUT2D eigenvalue weighted by molar-refractivity contribution is -0.870. The lowest BCUT2D eigenvalue weighted by Gasteiger charge is -2.30. The number of likely N-dealkylation sites (N-methyl/N-ethyl adjacent to an activating group) is 1. The van der Waals surface area contributed by atoms with E-state index in [0.717, 1.165) is 38.5 Å². The van der Waals surface area contributed by atoms with E-state index < -0.39 is 20.0 Å². The molecule has 0 aliphatic heterocycles. The highest BCUT2D eigenvalue weighted by Gasteiger charge is 2.24. The number of aliphatic hydroxyl groups is 1. The first-order valence-corrected chi connectivity index (χ1v) is 20.3. The molecule has 0 rings (SSSR count). The molecule has 0 aromatic rings. The first kappa shape index (κ1) is 44.5. The summed E-state index contributed by atoms with van der Waals surface area (Å²) >= 11 is 0. The van der Waals surface area contributed by atoms with Crippen molar-refractivity contribution in [1.29, 1.82) is 0 Å². The van der Waals surface area contributed by atoms with Gasteiger partial charge in [0.05, 0.1) is 39.9 Å². The van der Waals surface area contributed by atoms with Crippen LogP contribution in [-0.4, -0.2) is 68.5 Å². The van der Waals surface area contributed by atoms with E-state index in [2.05, 4.69) is 19.2 Å². The Labute approximate surface area is 279 Å². The van der Waals surface area contributed by atoms with Crippen molar-refractivity contribution in [3.05, 3.63) is 0 Å². The monoisotopic (exact) mass is 663 g/mol. The molecule has 9 heteroatoms. The molecule has 1 amide bonds. The van der Waals surface area contributed by atoms with Gasteiger partial charge in [-0.15, -0.1) is 0 Å². The average Bonchev–Trinajstić information content (AvgIpc) is 2.97. The number of hydrogen-bond acceptors (Lipinski definition) is 6. The van der Waals surface area contributed by atoms with Crippen molar-refractivity contribution >= 4 is 13.7 Å². The highest BCUT2D eigenvalue weighted by molar-refractivity contribution is 7.45. The standard InChI is InChI=1S/C36H75N2O6P/c1-6-8-10-12-14-16-17-18-19-20-21-22-24-26-28-30-36(40)37-34(33-44-45(41,42)43-32-31-38(3,4)5)35(39)29-27-25-23-15-13-11-9-7-2/h34-35,39H,6-33H2,1-5H3,(H-,37,40,41,42). The second-order valence-corrected chi connectivity index (χ2v) is 15.7. The van der Waals surface area contributed by atoms with Crippen LogP contribution in [0, 0.1) is 0 Å². The summed E-state index contributed by atoms with van der Waals surface area (Å²) < 4.78 is 23.1. The lowest BCUT2D eigenvalue weighted by Crippen LogP contribution is -2.46. The van der Waals surface area contributed by atoms with E-state index in [1.165, 1.54) is 109 Å². The Balaban J connectivity index is 4.36. The van der Waals surface area contributed by atoms with Gasteiger partial charge in [0.2, 0.25) is 5.91 Å². The van der Waals surface area contributed by atoms with Crippen LogP contribution in [-0.2, 0) is 18.4 Å². The second kappa shape index (κ2) is 29.6. The topological polar surface area (TPSA) is 108 Å². The quantitative estimate of drug-likeness (QED) is 0.0405. The van der Waals surface area contributed by atoms with Crippen molar-refractivity contribution in [1.82, 2.24) is 5.32 Å². The van der Waals surface area contributed by atoms with Crippen molar-refractivity contribution in [3.63, 3.8) is 0 Å². The van der Waals surface area contributed by atoms with Gasteiger partial charge in [0.1, 0.15) is 13.2 Å². The van der Waals surface area contributed by atoms with Crippen LogP contribution >= 0.6 is 7.82 Å². The zero-order chi connectivity index (χ0) is 33.7. The predicted molar refractivity (Wildman–Crippen MR) is 187 cm³/mol. The molecule has 3 unspecified atom stereocenters. The fourth-order valence-corrected chi connectivity index (χ4v) is 6.23. The fraction of sp³-hybridized carbons (Fsp3) is 0.972. The van der Waals surface area contributed by atoms with Gasteiger partial charge in [-0.25, -0.2) is 0 Å². The van der Waals surface area contributed by atoms with Crippen LogP contribution in [0.3, 0.4) is 0 Å². The van der Waals surface area contributed by atoms with E-state index in [4.69, 9.17) is 9.05 Å². The van der Waals surface area contributed by atoms with E-state index in [1.54, 1.807) is 0 Å². The molecule has 8 nitrogen and oxygen atoms in total. The van der Waals surface area contributed by atoms with E-state index >= 15 is 0 Å². The van der Waals surface area contributed by atoms with Gasteiger partial charge in [-0.3, -0.25) is 9.36 Å². The summed E-state index contributed by atoms with van der Waals surface area (Å²) in [5.74, 6) is -0.167. The van der Waals surface area contributed by atoms with Crippen LogP contribution in [0.1, 0.15) is 174 Å². The van der Waals surface area contributed by atoms with Gasteiger partial charge in [-0.05, 0) is 12.8 Å². The van der Waals surface area contributed by atoms with Gasteiger partial charge in [0.15, 0.2) is 0 Å². The van der Waals surface area contributed by atoms with Crippen LogP contribution in [0.4, 0.5) is 0 Å². The van der Waals surface area contributed by atoms with Crippen molar-refractivity contribution in [2.45, 2.75) is 187 Å². The van der Waals surface area contributed by atoms with Gasteiger partial charge in [-0.1, -0.05) is 155 Å². The summed E-state index contributed by atoms with van der Waals surface area (Å²) in [6, 6.07) is -0.789. The van der Waals surface area contributed by atoms with Gasteiger partial charge in [0, 0.05) is 6.42 Å². The van der Waals surface area contributed by atoms with Gasteiger partial charge < -0.3 is 28.8 Å². The Morgan fingerprint density at radius 3 is 1.51 bits per heavy atom. The number of rotatable bonds is 34. The van der Waals surface area contributed by atoms with Crippen molar-refractivity contribution in [2.75, 3.05) is 40.9 Å². The summed E-state index contributed by atoms with van der Waals surface area (Å²) in [7, 11) is 1.31. The van der Waals surface area contributed by atoms with Crippen molar-refractivity contribution in [2.24, 2.45) is 0 Å². The Bertz CT molecular complexity index is 718. The molecule has 0 aliphatic carbocycles. The summed E-state index contributed by atoms with van der Waals surface area (Å²) in [5, 5.41) is 13.7.